The van der Waals surface area contributed by atoms with Crippen molar-refractivity contribution in [3.05, 3.63) is 86.1 Å². The van der Waals surface area contributed by atoms with Gasteiger partial charge in [0, 0.05) is 33.5 Å². The van der Waals surface area contributed by atoms with Crippen LogP contribution in [0.15, 0.2) is 62.9 Å². The quantitative estimate of drug-likeness (QED) is 0.274. The predicted molar refractivity (Wildman–Crippen MR) is 136 cm³/mol. The van der Waals surface area contributed by atoms with E-state index in [4.69, 9.17) is 11.2 Å². The third-order valence-electron chi connectivity index (χ3n) is 5.39. The molecule has 0 aliphatic rings. The van der Waals surface area contributed by atoms with E-state index in [0.717, 1.165) is 32.9 Å². The molecule has 0 bridgehead atoms. The van der Waals surface area contributed by atoms with E-state index in [9.17, 15) is 4.79 Å². The second kappa shape index (κ2) is 9.47. The number of fused-ring (bicyclic) bond motifs is 1. The molecule has 2 aromatic carbocycles. The van der Waals surface area contributed by atoms with Crippen molar-refractivity contribution in [1.29, 1.82) is 0 Å². The van der Waals surface area contributed by atoms with E-state index >= 15 is 0 Å². The summed E-state index contributed by atoms with van der Waals surface area (Å²) in [6.07, 6.45) is 7.56. The number of terminal acetylenes is 1. The Labute approximate surface area is 200 Å². The summed E-state index contributed by atoms with van der Waals surface area (Å²) in [5, 5.41) is 5.06. The zero-order valence-electron chi connectivity index (χ0n) is 18.7. The van der Waals surface area contributed by atoms with E-state index in [1.54, 1.807) is 12.3 Å². The third kappa shape index (κ3) is 4.48. The van der Waals surface area contributed by atoms with Gasteiger partial charge >= 0.3 is 0 Å². The topological polar surface area (TPSA) is 61.4 Å². The maximum absolute atomic E-state index is 13.1. The SMILES string of the molecule is C#CCOc1ccc(-n2c(C)cc(C=Nn3c(CC)nc4ccc(Br)cc4c3=O)c2C)cc1. The molecular formula is C26H23BrN4O2. The van der Waals surface area contributed by atoms with Gasteiger partial charge in [-0.05, 0) is 62.4 Å². The Morgan fingerprint density at radius 3 is 2.64 bits per heavy atom. The van der Waals surface area contributed by atoms with Crippen LogP contribution in [0.2, 0.25) is 0 Å². The number of rotatable bonds is 6. The monoisotopic (exact) mass is 502 g/mol. The van der Waals surface area contributed by atoms with Gasteiger partial charge in [0.15, 0.2) is 0 Å². The lowest BCUT2D eigenvalue weighted by Crippen LogP contribution is -2.22. The highest BCUT2D eigenvalue weighted by Gasteiger charge is 2.12. The Morgan fingerprint density at radius 1 is 1.18 bits per heavy atom. The number of aryl methyl sites for hydroxylation is 2. The van der Waals surface area contributed by atoms with Crippen molar-refractivity contribution in [2.45, 2.75) is 27.2 Å². The van der Waals surface area contributed by atoms with Crippen LogP contribution in [0.3, 0.4) is 0 Å². The molecule has 6 nitrogen and oxygen atoms in total. The molecule has 0 spiro atoms. The zero-order valence-corrected chi connectivity index (χ0v) is 20.3. The minimum Gasteiger partial charge on any atom is -0.481 e. The van der Waals surface area contributed by atoms with Crippen molar-refractivity contribution in [3.63, 3.8) is 0 Å². The van der Waals surface area contributed by atoms with Crippen LogP contribution in [-0.2, 0) is 6.42 Å². The molecule has 0 aliphatic heterocycles. The van der Waals surface area contributed by atoms with Crippen LogP contribution in [0, 0.1) is 26.2 Å². The van der Waals surface area contributed by atoms with Crippen molar-refractivity contribution in [3.8, 4) is 23.8 Å². The number of hydrogen-bond donors (Lipinski definition) is 0. The summed E-state index contributed by atoms with van der Waals surface area (Å²) in [7, 11) is 0. The van der Waals surface area contributed by atoms with Crippen molar-refractivity contribution in [2.24, 2.45) is 5.10 Å². The highest BCUT2D eigenvalue weighted by Crippen LogP contribution is 2.22. The van der Waals surface area contributed by atoms with Gasteiger partial charge in [0.2, 0.25) is 0 Å². The number of hydrogen-bond acceptors (Lipinski definition) is 4. The molecule has 2 aromatic heterocycles. The number of ether oxygens (including phenoxy) is 1. The summed E-state index contributed by atoms with van der Waals surface area (Å²) in [5.41, 5.74) is 4.46. The van der Waals surface area contributed by atoms with Gasteiger partial charge in [-0.3, -0.25) is 4.79 Å². The van der Waals surface area contributed by atoms with Crippen LogP contribution in [0.5, 0.6) is 5.75 Å². The molecule has 0 fully saturated rings. The average molecular weight is 503 g/mol. The molecular weight excluding hydrogens is 480 g/mol. The Bertz CT molecular complexity index is 1460. The molecule has 0 atom stereocenters. The standard InChI is InChI=1S/C26H23BrN4O2/c1-5-13-33-22-10-8-21(9-11-22)30-17(3)14-19(18(30)4)16-28-31-25(6-2)29-24-12-7-20(27)15-23(24)26(31)32/h1,7-12,14-16H,6,13H2,2-4H3. The summed E-state index contributed by atoms with van der Waals surface area (Å²) >= 11 is 3.43. The van der Waals surface area contributed by atoms with Crippen LogP contribution in [0.1, 0.15) is 29.7 Å². The average Bonchev–Trinajstić information content (AvgIpc) is 3.10. The first-order valence-electron chi connectivity index (χ1n) is 10.5. The number of benzene rings is 2. The molecule has 2 heterocycles. The van der Waals surface area contributed by atoms with Crippen molar-refractivity contribution in [1.82, 2.24) is 14.2 Å². The van der Waals surface area contributed by atoms with Gasteiger partial charge < -0.3 is 9.30 Å². The summed E-state index contributed by atoms with van der Waals surface area (Å²) in [6.45, 7) is 6.25. The largest absolute Gasteiger partial charge is 0.481 e. The maximum atomic E-state index is 13.1. The minimum atomic E-state index is -0.189. The Morgan fingerprint density at radius 2 is 1.94 bits per heavy atom. The van der Waals surface area contributed by atoms with E-state index in [-0.39, 0.29) is 12.2 Å². The minimum absolute atomic E-state index is 0.189. The summed E-state index contributed by atoms with van der Waals surface area (Å²) < 4.78 is 9.81. The number of aromatic nitrogens is 3. The molecule has 0 amide bonds. The fourth-order valence-corrected chi connectivity index (χ4v) is 4.16. The second-order valence-electron chi connectivity index (χ2n) is 7.55. The first kappa shape index (κ1) is 22.6. The normalized spacial score (nSPS) is 11.2. The lowest BCUT2D eigenvalue weighted by molar-refractivity contribution is 0.370. The van der Waals surface area contributed by atoms with Crippen molar-refractivity contribution < 1.29 is 4.74 Å². The number of halogens is 1. The smallest absolute Gasteiger partial charge is 0.282 e. The van der Waals surface area contributed by atoms with Crippen LogP contribution in [0.25, 0.3) is 16.6 Å². The van der Waals surface area contributed by atoms with Gasteiger partial charge in [-0.2, -0.15) is 9.78 Å². The van der Waals surface area contributed by atoms with Gasteiger partial charge in [-0.15, -0.1) is 6.42 Å². The molecule has 4 aromatic rings. The summed E-state index contributed by atoms with van der Waals surface area (Å²) in [5.74, 6) is 3.80. The Kier molecular flexibility index (Phi) is 6.47. The molecule has 0 saturated heterocycles. The van der Waals surface area contributed by atoms with E-state index in [0.29, 0.717) is 23.1 Å². The fraction of sp³-hybridized carbons (Fsp3) is 0.192. The first-order chi connectivity index (χ1) is 15.9. The van der Waals surface area contributed by atoms with Gasteiger partial charge in [0.1, 0.15) is 18.2 Å². The molecule has 0 radical (unpaired) electrons. The van der Waals surface area contributed by atoms with E-state index in [2.05, 4.69) is 36.5 Å². The molecule has 0 unspecified atom stereocenters. The van der Waals surface area contributed by atoms with Crippen LogP contribution >= 0.6 is 15.9 Å². The molecule has 0 aliphatic carbocycles. The van der Waals surface area contributed by atoms with E-state index in [1.807, 2.05) is 63.2 Å². The van der Waals surface area contributed by atoms with Crippen LogP contribution in [-0.4, -0.2) is 27.0 Å². The molecule has 4 rings (SSSR count). The third-order valence-corrected chi connectivity index (χ3v) is 5.88. The van der Waals surface area contributed by atoms with Crippen molar-refractivity contribution in [2.75, 3.05) is 6.61 Å². The fourth-order valence-electron chi connectivity index (χ4n) is 3.79. The van der Waals surface area contributed by atoms with Gasteiger partial charge in [-0.25, -0.2) is 4.98 Å². The summed E-state index contributed by atoms with van der Waals surface area (Å²) in [6, 6.07) is 15.3. The molecule has 33 heavy (non-hydrogen) atoms. The van der Waals surface area contributed by atoms with Gasteiger partial charge in [-0.1, -0.05) is 28.8 Å². The van der Waals surface area contributed by atoms with E-state index in [1.165, 1.54) is 4.68 Å². The van der Waals surface area contributed by atoms with Gasteiger partial charge in [0.05, 0.1) is 17.1 Å². The second-order valence-corrected chi connectivity index (χ2v) is 8.47. The summed E-state index contributed by atoms with van der Waals surface area (Å²) in [4.78, 5) is 17.8. The molecule has 0 N–H and O–H groups in total. The lowest BCUT2D eigenvalue weighted by atomic mass is 10.2. The van der Waals surface area contributed by atoms with Gasteiger partial charge in [0.25, 0.3) is 5.56 Å². The first-order valence-corrected chi connectivity index (χ1v) is 11.3. The Hall–Kier alpha value is -3.63. The zero-order chi connectivity index (χ0) is 23.5. The molecule has 166 valence electrons. The molecule has 0 saturated carbocycles. The number of nitrogens with zero attached hydrogens (tertiary/aromatic N) is 4. The molecule has 7 heteroatoms. The van der Waals surface area contributed by atoms with Crippen LogP contribution in [0.4, 0.5) is 0 Å². The highest BCUT2D eigenvalue weighted by atomic mass is 79.9. The Balaban J connectivity index is 1.72. The highest BCUT2D eigenvalue weighted by molar-refractivity contribution is 9.10. The predicted octanol–water partition coefficient (Wildman–Crippen LogP) is 5.02. The maximum Gasteiger partial charge on any atom is 0.282 e. The van der Waals surface area contributed by atoms with Crippen molar-refractivity contribution >= 4 is 33.0 Å². The lowest BCUT2D eigenvalue weighted by Gasteiger charge is -2.11. The van der Waals surface area contributed by atoms with E-state index < -0.39 is 0 Å². The van der Waals surface area contributed by atoms with Crippen LogP contribution < -0.4 is 10.3 Å².